The van der Waals surface area contributed by atoms with Gasteiger partial charge in [0, 0.05) is 13.0 Å². The van der Waals surface area contributed by atoms with Crippen LogP contribution >= 0.6 is 0 Å². The highest BCUT2D eigenvalue weighted by Gasteiger charge is 2.44. The van der Waals surface area contributed by atoms with Gasteiger partial charge in [-0.3, -0.25) is 4.79 Å². The third kappa shape index (κ3) is 31.0. The Hall–Kier alpha value is -1.59. The maximum absolute atomic E-state index is 12.6. The lowest BCUT2D eigenvalue weighted by atomic mass is 9.99. The van der Waals surface area contributed by atoms with Gasteiger partial charge in [-0.15, -0.1) is 0 Å². The van der Waals surface area contributed by atoms with Crippen LogP contribution < -0.4 is 0 Å². The highest BCUT2D eigenvalue weighted by atomic mass is 16.7. The van der Waals surface area contributed by atoms with Gasteiger partial charge in [0.25, 0.3) is 0 Å². The summed E-state index contributed by atoms with van der Waals surface area (Å²) in [5.41, 5.74) is 0. The van der Waals surface area contributed by atoms with E-state index in [2.05, 4.69) is 50.3 Å². The van der Waals surface area contributed by atoms with E-state index in [-0.39, 0.29) is 19.2 Å². The molecule has 0 bridgehead atoms. The van der Waals surface area contributed by atoms with Gasteiger partial charge in [0.15, 0.2) is 6.29 Å². The van der Waals surface area contributed by atoms with E-state index in [4.69, 9.17) is 18.9 Å². The first-order valence-corrected chi connectivity index (χ1v) is 23.6. The maximum Gasteiger partial charge on any atom is 0.305 e. The summed E-state index contributed by atoms with van der Waals surface area (Å²) in [4.78, 5) is 12.6. The molecule has 1 rings (SSSR count). The first-order valence-electron chi connectivity index (χ1n) is 23.6. The summed E-state index contributed by atoms with van der Waals surface area (Å²) in [5.74, 6) is -0.269. The standard InChI is InChI=1S/C48H88O9/c1-3-5-7-9-11-13-15-17-19-21-22-23-25-27-29-31-33-35-37-44(50)55-40-42(41-56-48-47(53)46(52)45(51)43(39-49)57-48)54-38-36-34-32-30-28-26-24-20-18-16-14-12-10-8-6-4-2/h12,14,17-20,42-43,45-49,51-53H,3-11,13,15-16,21-41H2,1-2H3/t42-,43-,45+,46+,47-,48-/m1/s1. The Labute approximate surface area is 349 Å². The molecule has 4 N–H and O–H groups in total. The van der Waals surface area contributed by atoms with E-state index < -0.39 is 43.4 Å². The molecule has 0 unspecified atom stereocenters. The molecular formula is C48H88O9. The first kappa shape index (κ1) is 53.4. The van der Waals surface area contributed by atoms with E-state index in [9.17, 15) is 25.2 Å². The predicted octanol–water partition coefficient (Wildman–Crippen LogP) is 10.8. The van der Waals surface area contributed by atoms with Crippen molar-refractivity contribution in [1.29, 1.82) is 0 Å². The Morgan fingerprint density at radius 1 is 0.561 bits per heavy atom. The SMILES string of the molecule is CCCCCC=CCC=CCCCCCCCCO[C@H](COC(=O)CCCCCCCCCCC=CCCCCCCCC)CO[C@@H]1O[C@H](CO)[C@H](O)[C@H](O)[C@H]1O. The highest BCUT2D eigenvalue weighted by molar-refractivity contribution is 5.69. The van der Waals surface area contributed by atoms with Gasteiger partial charge in [-0.25, -0.2) is 0 Å². The van der Waals surface area contributed by atoms with Crippen molar-refractivity contribution in [3.05, 3.63) is 36.5 Å². The largest absolute Gasteiger partial charge is 0.463 e. The van der Waals surface area contributed by atoms with Gasteiger partial charge in [0.05, 0.1) is 13.2 Å². The summed E-state index contributed by atoms with van der Waals surface area (Å²) in [6, 6.07) is 0. The minimum atomic E-state index is -1.52. The summed E-state index contributed by atoms with van der Waals surface area (Å²) in [5, 5.41) is 40.1. The van der Waals surface area contributed by atoms with Crippen LogP contribution in [-0.4, -0.2) is 89.6 Å². The number of esters is 1. The van der Waals surface area contributed by atoms with Gasteiger partial charge < -0.3 is 39.4 Å². The van der Waals surface area contributed by atoms with Gasteiger partial charge in [-0.05, 0) is 70.6 Å². The molecule has 1 fully saturated rings. The fourth-order valence-corrected chi connectivity index (χ4v) is 7.02. The number of aliphatic hydroxyl groups excluding tert-OH is 4. The third-order valence-electron chi connectivity index (χ3n) is 10.8. The molecule has 0 aromatic carbocycles. The van der Waals surface area contributed by atoms with Crippen molar-refractivity contribution < 1.29 is 44.2 Å². The number of carbonyl (C=O) groups is 1. The predicted molar refractivity (Wildman–Crippen MR) is 233 cm³/mol. The van der Waals surface area contributed by atoms with E-state index in [1.54, 1.807) is 0 Å². The number of unbranched alkanes of at least 4 members (excludes halogenated alkanes) is 23. The van der Waals surface area contributed by atoms with Crippen LogP contribution in [0.4, 0.5) is 0 Å². The lowest BCUT2D eigenvalue weighted by Gasteiger charge is -2.39. The van der Waals surface area contributed by atoms with Crippen LogP contribution in [-0.2, 0) is 23.7 Å². The minimum Gasteiger partial charge on any atom is -0.463 e. The summed E-state index contributed by atoms with van der Waals surface area (Å²) >= 11 is 0. The average molecular weight is 809 g/mol. The van der Waals surface area contributed by atoms with Crippen molar-refractivity contribution in [3.8, 4) is 0 Å². The number of allylic oxidation sites excluding steroid dienone is 6. The van der Waals surface area contributed by atoms with Crippen LogP contribution in [0.3, 0.4) is 0 Å². The second-order valence-electron chi connectivity index (χ2n) is 16.2. The zero-order valence-corrected chi connectivity index (χ0v) is 36.6. The molecular weight excluding hydrogens is 721 g/mol. The molecule has 0 aromatic heterocycles. The Balaban J connectivity index is 2.25. The van der Waals surface area contributed by atoms with Gasteiger partial charge in [-0.1, -0.05) is 159 Å². The van der Waals surface area contributed by atoms with Crippen LogP contribution in [0.15, 0.2) is 36.5 Å². The number of aliphatic hydroxyl groups is 4. The number of hydrogen-bond donors (Lipinski definition) is 4. The van der Waals surface area contributed by atoms with Gasteiger partial charge in [-0.2, -0.15) is 0 Å². The highest BCUT2D eigenvalue weighted by Crippen LogP contribution is 2.22. The monoisotopic (exact) mass is 809 g/mol. The molecule has 1 aliphatic rings. The van der Waals surface area contributed by atoms with Crippen LogP contribution in [0.2, 0.25) is 0 Å². The molecule has 1 saturated heterocycles. The second kappa shape index (κ2) is 39.8. The van der Waals surface area contributed by atoms with Gasteiger partial charge in [0.2, 0.25) is 0 Å². The topological polar surface area (TPSA) is 135 Å². The zero-order valence-electron chi connectivity index (χ0n) is 36.6. The molecule has 0 aliphatic carbocycles. The van der Waals surface area contributed by atoms with E-state index in [0.29, 0.717) is 13.0 Å². The quantitative estimate of drug-likeness (QED) is 0.0271. The molecule has 1 aliphatic heterocycles. The average Bonchev–Trinajstić information content (AvgIpc) is 3.21. The summed E-state index contributed by atoms with van der Waals surface area (Å²) in [6.07, 6.45) is 40.4. The Kier molecular flexibility index (Phi) is 37.4. The fraction of sp³-hybridized carbons (Fsp3) is 0.854. The number of hydrogen-bond acceptors (Lipinski definition) is 9. The number of carbonyl (C=O) groups excluding carboxylic acids is 1. The molecule has 0 amide bonds. The van der Waals surface area contributed by atoms with Crippen LogP contribution in [0.5, 0.6) is 0 Å². The molecule has 9 nitrogen and oxygen atoms in total. The zero-order chi connectivity index (χ0) is 41.4. The van der Waals surface area contributed by atoms with Crippen molar-refractivity contribution in [3.63, 3.8) is 0 Å². The molecule has 57 heavy (non-hydrogen) atoms. The molecule has 9 heteroatoms. The Morgan fingerprint density at radius 3 is 1.56 bits per heavy atom. The molecule has 0 saturated carbocycles. The van der Waals surface area contributed by atoms with E-state index in [0.717, 1.165) is 51.4 Å². The van der Waals surface area contributed by atoms with Crippen LogP contribution in [0.1, 0.15) is 200 Å². The normalized spacial score (nSPS) is 20.7. The van der Waals surface area contributed by atoms with Gasteiger partial charge >= 0.3 is 5.97 Å². The van der Waals surface area contributed by atoms with Crippen molar-refractivity contribution in [2.75, 3.05) is 26.4 Å². The molecule has 0 spiro atoms. The van der Waals surface area contributed by atoms with Crippen LogP contribution in [0, 0.1) is 0 Å². The summed E-state index contributed by atoms with van der Waals surface area (Å²) < 4.78 is 22.9. The second-order valence-corrected chi connectivity index (χ2v) is 16.2. The summed E-state index contributed by atoms with van der Waals surface area (Å²) in [7, 11) is 0. The lowest BCUT2D eigenvalue weighted by molar-refractivity contribution is -0.305. The lowest BCUT2D eigenvalue weighted by Crippen LogP contribution is -2.59. The number of ether oxygens (including phenoxy) is 4. The smallest absolute Gasteiger partial charge is 0.305 e. The number of rotatable bonds is 40. The van der Waals surface area contributed by atoms with Crippen LogP contribution in [0.25, 0.3) is 0 Å². The molecule has 0 aromatic rings. The molecule has 6 atom stereocenters. The van der Waals surface area contributed by atoms with Crippen molar-refractivity contribution >= 4 is 5.97 Å². The fourth-order valence-electron chi connectivity index (χ4n) is 7.02. The minimum absolute atomic E-state index is 0.00660. The van der Waals surface area contributed by atoms with Gasteiger partial charge in [0.1, 0.15) is 37.1 Å². The molecule has 0 radical (unpaired) electrons. The summed E-state index contributed by atoms with van der Waals surface area (Å²) in [6.45, 7) is 4.40. The molecule has 334 valence electrons. The van der Waals surface area contributed by atoms with Crippen molar-refractivity contribution in [1.82, 2.24) is 0 Å². The van der Waals surface area contributed by atoms with E-state index >= 15 is 0 Å². The van der Waals surface area contributed by atoms with E-state index in [1.807, 2.05) is 0 Å². The first-order chi connectivity index (χ1) is 27.9. The maximum atomic E-state index is 12.6. The Morgan fingerprint density at radius 2 is 1.02 bits per heavy atom. The third-order valence-corrected chi connectivity index (χ3v) is 10.8. The van der Waals surface area contributed by atoms with E-state index in [1.165, 1.54) is 128 Å². The van der Waals surface area contributed by atoms with Crippen molar-refractivity contribution in [2.24, 2.45) is 0 Å². The van der Waals surface area contributed by atoms with Crippen molar-refractivity contribution in [2.45, 2.75) is 237 Å². The molecule has 1 heterocycles. The Bertz CT molecular complexity index is 968.